The van der Waals surface area contributed by atoms with Crippen LogP contribution in [0.15, 0.2) is 0 Å². The summed E-state index contributed by atoms with van der Waals surface area (Å²) < 4.78 is 1.91. The standard InChI is InChI=1S/C13H22ClN3/c1-9-12(14)11(17(4)16-9)7-13(2,3)8-15-10-5-6-10/h10,15H,5-8H2,1-4H3. The number of nitrogens with zero attached hydrogens (tertiary/aromatic N) is 2. The zero-order chi connectivity index (χ0) is 12.6. The van der Waals surface area contributed by atoms with Crippen molar-refractivity contribution in [2.75, 3.05) is 6.54 Å². The zero-order valence-corrected chi connectivity index (χ0v) is 11.9. The van der Waals surface area contributed by atoms with E-state index in [2.05, 4.69) is 24.3 Å². The number of rotatable bonds is 5. The number of halogens is 1. The van der Waals surface area contributed by atoms with Crippen LogP contribution in [0.2, 0.25) is 5.02 Å². The molecule has 1 aliphatic carbocycles. The van der Waals surface area contributed by atoms with Crippen molar-refractivity contribution >= 4 is 11.6 Å². The van der Waals surface area contributed by atoms with E-state index in [9.17, 15) is 0 Å². The van der Waals surface area contributed by atoms with Crippen LogP contribution in [0, 0.1) is 12.3 Å². The predicted octanol–water partition coefficient (Wildman–Crippen LogP) is 2.70. The van der Waals surface area contributed by atoms with Gasteiger partial charge in [0.25, 0.3) is 0 Å². The highest BCUT2D eigenvalue weighted by molar-refractivity contribution is 6.31. The molecule has 96 valence electrons. The first-order valence-electron chi connectivity index (χ1n) is 6.30. The minimum Gasteiger partial charge on any atom is -0.313 e. The highest BCUT2D eigenvalue weighted by atomic mass is 35.5. The first kappa shape index (κ1) is 12.9. The molecule has 0 spiro atoms. The second kappa shape index (κ2) is 4.62. The normalized spacial score (nSPS) is 16.5. The minimum absolute atomic E-state index is 0.215. The van der Waals surface area contributed by atoms with Crippen LogP contribution < -0.4 is 5.32 Å². The molecule has 1 N–H and O–H groups in total. The van der Waals surface area contributed by atoms with Crippen molar-refractivity contribution in [2.24, 2.45) is 12.5 Å². The lowest BCUT2D eigenvalue weighted by Gasteiger charge is -2.25. The molecular formula is C13H22ClN3. The maximum absolute atomic E-state index is 6.29. The minimum atomic E-state index is 0.215. The molecule has 17 heavy (non-hydrogen) atoms. The Morgan fingerprint density at radius 1 is 1.47 bits per heavy atom. The van der Waals surface area contributed by atoms with Gasteiger partial charge < -0.3 is 5.32 Å². The quantitative estimate of drug-likeness (QED) is 0.877. The van der Waals surface area contributed by atoms with Crippen molar-refractivity contribution in [1.29, 1.82) is 0 Å². The Kier molecular flexibility index (Phi) is 3.50. The fourth-order valence-electron chi connectivity index (χ4n) is 2.10. The third-order valence-corrected chi connectivity index (χ3v) is 3.85. The summed E-state index contributed by atoms with van der Waals surface area (Å²) in [4.78, 5) is 0. The number of aromatic nitrogens is 2. The summed E-state index contributed by atoms with van der Waals surface area (Å²) in [5, 5.41) is 8.78. The highest BCUT2D eigenvalue weighted by Gasteiger charge is 2.27. The third-order valence-electron chi connectivity index (χ3n) is 3.35. The van der Waals surface area contributed by atoms with Crippen molar-refractivity contribution in [3.8, 4) is 0 Å². The van der Waals surface area contributed by atoms with Crippen LogP contribution in [-0.2, 0) is 13.5 Å². The molecule has 2 rings (SSSR count). The average molecular weight is 256 g/mol. The van der Waals surface area contributed by atoms with Gasteiger partial charge in [-0.25, -0.2) is 0 Å². The van der Waals surface area contributed by atoms with Gasteiger partial charge in [-0.3, -0.25) is 4.68 Å². The maximum Gasteiger partial charge on any atom is 0.0847 e. The molecule has 1 aliphatic rings. The lowest BCUT2D eigenvalue weighted by Crippen LogP contribution is -2.33. The first-order valence-corrected chi connectivity index (χ1v) is 6.68. The SMILES string of the molecule is Cc1nn(C)c(CC(C)(C)CNC2CC2)c1Cl. The second-order valence-corrected chi connectivity index (χ2v) is 6.34. The van der Waals surface area contributed by atoms with Crippen LogP contribution in [0.5, 0.6) is 0 Å². The highest BCUT2D eigenvalue weighted by Crippen LogP contribution is 2.29. The molecule has 0 bridgehead atoms. The molecule has 3 nitrogen and oxygen atoms in total. The Balaban J connectivity index is 2.01. The van der Waals surface area contributed by atoms with Crippen LogP contribution in [0.1, 0.15) is 38.1 Å². The largest absolute Gasteiger partial charge is 0.313 e. The Bertz CT molecular complexity index is 405. The summed E-state index contributed by atoms with van der Waals surface area (Å²) in [5.74, 6) is 0. The van der Waals surface area contributed by atoms with E-state index in [-0.39, 0.29) is 5.41 Å². The van der Waals surface area contributed by atoms with Crippen LogP contribution in [0.3, 0.4) is 0 Å². The summed E-state index contributed by atoms with van der Waals surface area (Å²) in [7, 11) is 1.97. The van der Waals surface area contributed by atoms with E-state index in [1.54, 1.807) is 0 Å². The van der Waals surface area contributed by atoms with Crippen molar-refractivity contribution < 1.29 is 0 Å². The lowest BCUT2D eigenvalue weighted by atomic mass is 9.87. The van der Waals surface area contributed by atoms with Gasteiger partial charge in [-0.05, 0) is 31.6 Å². The summed E-state index contributed by atoms with van der Waals surface area (Å²) >= 11 is 6.29. The predicted molar refractivity (Wildman–Crippen MR) is 71.5 cm³/mol. The zero-order valence-electron chi connectivity index (χ0n) is 11.2. The van der Waals surface area contributed by atoms with Gasteiger partial charge in [0.05, 0.1) is 16.4 Å². The van der Waals surface area contributed by atoms with Gasteiger partial charge in [-0.15, -0.1) is 0 Å². The molecule has 1 heterocycles. The number of hydrogen-bond donors (Lipinski definition) is 1. The lowest BCUT2D eigenvalue weighted by molar-refractivity contribution is 0.329. The van der Waals surface area contributed by atoms with Gasteiger partial charge in [-0.1, -0.05) is 25.4 Å². The molecule has 1 saturated carbocycles. The molecule has 1 aromatic heterocycles. The molecule has 0 aliphatic heterocycles. The monoisotopic (exact) mass is 255 g/mol. The molecule has 0 aromatic carbocycles. The van der Waals surface area contributed by atoms with Crippen LogP contribution in [-0.4, -0.2) is 22.4 Å². The molecule has 4 heteroatoms. The Morgan fingerprint density at radius 3 is 2.59 bits per heavy atom. The number of hydrogen-bond acceptors (Lipinski definition) is 2. The van der Waals surface area contributed by atoms with Crippen molar-refractivity contribution in [3.05, 3.63) is 16.4 Å². The summed E-state index contributed by atoms with van der Waals surface area (Å²) in [5.41, 5.74) is 2.29. The third kappa shape index (κ3) is 3.23. The number of aryl methyl sites for hydroxylation is 2. The van der Waals surface area contributed by atoms with Gasteiger partial charge in [0.2, 0.25) is 0 Å². The van der Waals surface area contributed by atoms with Crippen LogP contribution in [0.25, 0.3) is 0 Å². The smallest absolute Gasteiger partial charge is 0.0847 e. The molecule has 1 fully saturated rings. The maximum atomic E-state index is 6.29. The summed E-state index contributed by atoms with van der Waals surface area (Å²) in [6.07, 6.45) is 3.63. The van der Waals surface area contributed by atoms with Crippen LogP contribution in [0.4, 0.5) is 0 Å². The van der Waals surface area contributed by atoms with E-state index in [0.717, 1.165) is 35.4 Å². The fourth-order valence-corrected chi connectivity index (χ4v) is 2.32. The first-order chi connectivity index (χ1) is 7.89. The van der Waals surface area contributed by atoms with Crippen molar-refractivity contribution in [1.82, 2.24) is 15.1 Å². The van der Waals surface area contributed by atoms with Crippen molar-refractivity contribution in [3.63, 3.8) is 0 Å². The Morgan fingerprint density at radius 2 is 2.12 bits per heavy atom. The summed E-state index contributed by atoms with van der Waals surface area (Å²) in [6, 6.07) is 0.762. The van der Waals surface area contributed by atoms with E-state index in [0.29, 0.717) is 0 Å². The van der Waals surface area contributed by atoms with E-state index < -0.39 is 0 Å². The van der Waals surface area contributed by atoms with E-state index >= 15 is 0 Å². The topological polar surface area (TPSA) is 29.9 Å². The Labute approximate surface area is 109 Å². The van der Waals surface area contributed by atoms with E-state index in [4.69, 9.17) is 11.6 Å². The van der Waals surface area contributed by atoms with Crippen molar-refractivity contribution in [2.45, 2.75) is 46.1 Å². The summed E-state index contributed by atoms with van der Waals surface area (Å²) in [6.45, 7) is 7.56. The molecule has 0 unspecified atom stereocenters. The van der Waals surface area contributed by atoms with Gasteiger partial charge in [0.1, 0.15) is 0 Å². The van der Waals surface area contributed by atoms with Gasteiger partial charge in [-0.2, -0.15) is 5.10 Å². The van der Waals surface area contributed by atoms with Gasteiger partial charge in [0, 0.05) is 19.6 Å². The second-order valence-electron chi connectivity index (χ2n) is 5.97. The van der Waals surface area contributed by atoms with Gasteiger partial charge >= 0.3 is 0 Å². The van der Waals surface area contributed by atoms with Gasteiger partial charge in [0.15, 0.2) is 0 Å². The fraction of sp³-hybridized carbons (Fsp3) is 0.769. The van der Waals surface area contributed by atoms with Crippen LogP contribution >= 0.6 is 11.6 Å². The Hall–Kier alpha value is -0.540. The molecule has 1 aromatic rings. The van der Waals surface area contributed by atoms with E-state index in [1.165, 1.54) is 12.8 Å². The number of nitrogens with one attached hydrogen (secondary N) is 1. The molecule has 0 radical (unpaired) electrons. The molecular weight excluding hydrogens is 234 g/mol. The molecule has 0 amide bonds. The molecule has 0 saturated heterocycles. The van der Waals surface area contributed by atoms with E-state index in [1.807, 2.05) is 18.7 Å². The molecule has 0 atom stereocenters. The average Bonchev–Trinajstić information content (AvgIpc) is 3.02.